The van der Waals surface area contributed by atoms with Gasteiger partial charge in [0.1, 0.15) is 0 Å². The van der Waals surface area contributed by atoms with Gasteiger partial charge in [0.2, 0.25) is 0 Å². The number of aryl methyl sites for hydroxylation is 1. The molecule has 16 heavy (non-hydrogen) atoms. The number of nitrogens with zero attached hydrogens (tertiary/aromatic N) is 1. The van der Waals surface area contributed by atoms with Crippen molar-refractivity contribution in [2.45, 2.75) is 19.4 Å². The number of aromatic nitrogens is 1. The molecule has 2 aromatic rings. The Morgan fingerprint density at radius 2 is 2.12 bits per heavy atom. The van der Waals surface area contributed by atoms with E-state index in [4.69, 9.17) is 11.6 Å². The summed E-state index contributed by atoms with van der Waals surface area (Å²) < 4.78 is 2.22. The SMILES string of the molecule is CNC(C)Cc1cc2ccc(Cl)cc2n1C. The predicted molar refractivity (Wildman–Crippen MR) is 70.2 cm³/mol. The summed E-state index contributed by atoms with van der Waals surface area (Å²) in [6.45, 7) is 2.19. The van der Waals surface area contributed by atoms with Crippen molar-refractivity contribution in [3.05, 3.63) is 35.0 Å². The zero-order valence-electron chi connectivity index (χ0n) is 9.92. The molecule has 1 aromatic carbocycles. The number of hydrogen-bond donors (Lipinski definition) is 1. The summed E-state index contributed by atoms with van der Waals surface area (Å²) in [6.07, 6.45) is 1.03. The Labute approximate surface area is 101 Å². The summed E-state index contributed by atoms with van der Waals surface area (Å²) in [4.78, 5) is 0. The maximum Gasteiger partial charge on any atom is 0.0494 e. The third kappa shape index (κ3) is 2.08. The van der Waals surface area contributed by atoms with Crippen LogP contribution in [0.2, 0.25) is 5.02 Å². The summed E-state index contributed by atoms with van der Waals surface area (Å²) in [5, 5.41) is 5.31. The molecule has 0 bridgehead atoms. The maximum atomic E-state index is 6.01. The molecule has 0 aliphatic rings. The molecule has 1 unspecified atom stereocenters. The van der Waals surface area contributed by atoms with Crippen molar-refractivity contribution in [3.8, 4) is 0 Å². The minimum atomic E-state index is 0.485. The Kier molecular flexibility index (Phi) is 3.22. The third-order valence-corrected chi connectivity index (χ3v) is 3.35. The highest BCUT2D eigenvalue weighted by Crippen LogP contribution is 2.23. The molecule has 0 saturated heterocycles. The van der Waals surface area contributed by atoms with Crippen LogP contribution in [0.4, 0.5) is 0 Å². The lowest BCUT2D eigenvalue weighted by Gasteiger charge is -2.10. The molecule has 0 aliphatic carbocycles. The summed E-state index contributed by atoms with van der Waals surface area (Å²) in [5.74, 6) is 0. The van der Waals surface area contributed by atoms with Gasteiger partial charge >= 0.3 is 0 Å². The average Bonchev–Trinajstić information content (AvgIpc) is 2.56. The Bertz CT molecular complexity index is 502. The fourth-order valence-corrected chi connectivity index (χ4v) is 2.14. The Morgan fingerprint density at radius 3 is 2.81 bits per heavy atom. The Balaban J connectivity index is 2.44. The highest BCUT2D eigenvalue weighted by atomic mass is 35.5. The smallest absolute Gasteiger partial charge is 0.0494 e. The van der Waals surface area contributed by atoms with Crippen molar-refractivity contribution >= 4 is 22.5 Å². The van der Waals surface area contributed by atoms with E-state index in [-0.39, 0.29) is 0 Å². The molecule has 0 radical (unpaired) electrons. The summed E-state index contributed by atoms with van der Waals surface area (Å²) in [5.41, 5.74) is 2.53. The van der Waals surface area contributed by atoms with Gasteiger partial charge in [0.05, 0.1) is 0 Å². The molecular weight excluding hydrogens is 220 g/mol. The van der Waals surface area contributed by atoms with Crippen LogP contribution >= 0.6 is 11.6 Å². The predicted octanol–water partition coefficient (Wildman–Crippen LogP) is 2.98. The largest absolute Gasteiger partial charge is 0.348 e. The van der Waals surface area contributed by atoms with Gasteiger partial charge in [0.15, 0.2) is 0 Å². The average molecular weight is 237 g/mol. The lowest BCUT2D eigenvalue weighted by molar-refractivity contribution is 0.591. The molecule has 0 spiro atoms. The molecule has 3 heteroatoms. The van der Waals surface area contributed by atoms with E-state index < -0.39 is 0 Å². The molecule has 0 amide bonds. The second kappa shape index (κ2) is 4.48. The van der Waals surface area contributed by atoms with Crippen LogP contribution in [-0.4, -0.2) is 17.7 Å². The molecule has 0 fully saturated rings. The topological polar surface area (TPSA) is 17.0 Å². The van der Waals surface area contributed by atoms with Gasteiger partial charge in [0, 0.05) is 35.7 Å². The molecule has 86 valence electrons. The standard InChI is InChI=1S/C13H17ClN2/c1-9(15-2)6-12-7-10-4-5-11(14)8-13(10)16(12)3/h4-5,7-9,15H,6H2,1-3H3. The molecule has 1 N–H and O–H groups in total. The van der Waals surface area contributed by atoms with Gasteiger partial charge < -0.3 is 9.88 Å². The van der Waals surface area contributed by atoms with E-state index in [1.807, 2.05) is 19.2 Å². The van der Waals surface area contributed by atoms with Gasteiger partial charge in [-0.2, -0.15) is 0 Å². The van der Waals surface area contributed by atoms with E-state index in [1.165, 1.54) is 16.6 Å². The van der Waals surface area contributed by atoms with E-state index in [9.17, 15) is 0 Å². The number of rotatable bonds is 3. The van der Waals surface area contributed by atoms with E-state index in [0.717, 1.165) is 11.4 Å². The molecule has 2 rings (SSSR count). The van der Waals surface area contributed by atoms with E-state index in [2.05, 4.69) is 36.0 Å². The second-order valence-electron chi connectivity index (χ2n) is 4.29. The van der Waals surface area contributed by atoms with Crippen molar-refractivity contribution in [2.24, 2.45) is 7.05 Å². The van der Waals surface area contributed by atoms with E-state index in [1.54, 1.807) is 0 Å². The first-order chi connectivity index (χ1) is 7.61. The number of nitrogens with one attached hydrogen (secondary N) is 1. The van der Waals surface area contributed by atoms with E-state index >= 15 is 0 Å². The summed E-state index contributed by atoms with van der Waals surface area (Å²) >= 11 is 6.01. The van der Waals surface area contributed by atoms with E-state index in [0.29, 0.717) is 6.04 Å². The number of benzene rings is 1. The van der Waals surface area contributed by atoms with Crippen molar-refractivity contribution in [1.82, 2.24) is 9.88 Å². The fraction of sp³-hybridized carbons (Fsp3) is 0.385. The molecule has 0 aliphatic heterocycles. The van der Waals surface area contributed by atoms with Gasteiger partial charge in [-0.05, 0) is 37.6 Å². The first kappa shape index (κ1) is 11.5. The lowest BCUT2D eigenvalue weighted by atomic mass is 10.2. The maximum absolute atomic E-state index is 6.01. The first-order valence-corrected chi connectivity index (χ1v) is 5.90. The van der Waals surface area contributed by atoms with Crippen LogP contribution in [0, 0.1) is 0 Å². The monoisotopic (exact) mass is 236 g/mol. The Morgan fingerprint density at radius 1 is 1.38 bits per heavy atom. The number of hydrogen-bond acceptors (Lipinski definition) is 1. The van der Waals surface area contributed by atoms with Crippen LogP contribution in [0.3, 0.4) is 0 Å². The highest BCUT2D eigenvalue weighted by Gasteiger charge is 2.08. The van der Waals surface area contributed by atoms with Crippen molar-refractivity contribution in [1.29, 1.82) is 0 Å². The lowest BCUT2D eigenvalue weighted by Crippen LogP contribution is -2.24. The first-order valence-electron chi connectivity index (χ1n) is 5.53. The quantitative estimate of drug-likeness (QED) is 0.867. The fourth-order valence-electron chi connectivity index (χ4n) is 1.97. The summed E-state index contributed by atoms with van der Waals surface area (Å²) in [6, 6.07) is 8.75. The Hall–Kier alpha value is -0.990. The van der Waals surface area contributed by atoms with Crippen molar-refractivity contribution in [2.75, 3.05) is 7.05 Å². The minimum Gasteiger partial charge on any atom is -0.348 e. The summed E-state index contributed by atoms with van der Waals surface area (Å²) in [7, 11) is 4.08. The van der Waals surface area contributed by atoms with Crippen molar-refractivity contribution in [3.63, 3.8) is 0 Å². The van der Waals surface area contributed by atoms with Crippen LogP contribution < -0.4 is 5.32 Å². The van der Waals surface area contributed by atoms with Gasteiger partial charge in [-0.15, -0.1) is 0 Å². The number of fused-ring (bicyclic) bond motifs is 1. The van der Waals surface area contributed by atoms with Gasteiger partial charge in [-0.25, -0.2) is 0 Å². The zero-order chi connectivity index (χ0) is 11.7. The molecule has 1 aromatic heterocycles. The normalized spacial score (nSPS) is 13.2. The highest BCUT2D eigenvalue weighted by molar-refractivity contribution is 6.31. The van der Waals surface area contributed by atoms with Crippen LogP contribution in [0.1, 0.15) is 12.6 Å². The third-order valence-electron chi connectivity index (χ3n) is 3.11. The van der Waals surface area contributed by atoms with Crippen LogP contribution in [-0.2, 0) is 13.5 Å². The van der Waals surface area contributed by atoms with Crippen molar-refractivity contribution < 1.29 is 0 Å². The van der Waals surface area contributed by atoms with Gasteiger partial charge in [-0.3, -0.25) is 0 Å². The molecule has 1 heterocycles. The molecule has 1 atom stereocenters. The number of likely N-dealkylation sites (N-methyl/N-ethyl adjacent to an activating group) is 1. The van der Waals surface area contributed by atoms with Gasteiger partial charge in [-0.1, -0.05) is 17.7 Å². The van der Waals surface area contributed by atoms with Crippen LogP contribution in [0.5, 0.6) is 0 Å². The second-order valence-corrected chi connectivity index (χ2v) is 4.73. The van der Waals surface area contributed by atoms with Crippen LogP contribution in [0.25, 0.3) is 10.9 Å². The molecule has 2 nitrogen and oxygen atoms in total. The van der Waals surface area contributed by atoms with Crippen LogP contribution in [0.15, 0.2) is 24.3 Å². The molecule has 0 saturated carbocycles. The van der Waals surface area contributed by atoms with Gasteiger partial charge in [0.25, 0.3) is 0 Å². The minimum absolute atomic E-state index is 0.485. The zero-order valence-corrected chi connectivity index (χ0v) is 10.7. The number of halogens is 1. The molecular formula is C13H17ClN2.